The summed E-state index contributed by atoms with van der Waals surface area (Å²) in [6.07, 6.45) is -1.97. The van der Waals surface area contributed by atoms with E-state index in [9.17, 15) is 13.2 Å². The highest BCUT2D eigenvalue weighted by Crippen LogP contribution is 2.35. The van der Waals surface area contributed by atoms with E-state index in [4.69, 9.17) is 0 Å². The first-order chi connectivity index (χ1) is 15.8. The number of aromatic nitrogens is 2. The molecule has 0 saturated carbocycles. The van der Waals surface area contributed by atoms with Crippen molar-refractivity contribution in [2.45, 2.75) is 6.18 Å². The summed E-state index contributed by atoms with van der Waals surface area (Å²) in [5.41, 5.74) is 5.86. The van der Waals surface area contributed by atoms with Gasteiger partial charge in [0.05, 0.1) is 17.5 Å². The number of hydrazone groups is 1. The highest BCUT2D eigenvalue weighted by Gasteiger charge is 2.32. The van der Waals surface area contributed by atoms with Crippen molar-refractivity contribution in [2.75, 3.05) is 24.4 Å². The lowest BCUT2D eigenvalue weighted by Crippen LogP contribution is -2.14. The van der Waals surface area contributed by atoms with Crippen molar-refractivity contribution >= 4 is 28.5 Å². The molecule has 0 aliphatic carbocycles. The summed E-state index contributed by atoms with van der Waals surface area (Å²) >= 11 is 1.45. The van der Waals surface area contributed by atoms with Crippen LogP contribution >= 0.6 is 11.3 Å². The molecule has 0 saturated heterocycles. The van der Waals surface area contributed by atoms with E-state index < -0.39 is 11.7 Å². The highest BCUT2D eigenvalue weighted by molar-refractivity contribution is 7.14. The lowest BCUT2D eigenvalue weighted by atomic mass is 10.0. The van der Waals surface area contributed by atoms with Gasteiger partial charge >= 0.3 is 6.18 Å². The zero-order chi connectivity index (χ0) is 23.4. The first-order valence-electron chi connectivity index (χ1n) is 9.96. The number of anilines is 2. The molecule has 4 aromatic rings. The molecule has 0 unspecified atom stereocenters. The van der Waals surface area contributed by atoms with Gasteiger partial charge in [-0.25, -0.2) is 9.97 Å². The van der Waals surface area contributed by atoms with Crippen LogP contribution in [0, 0.1) is 0 Å². The Balaban J connectivity index is 1.49. The zero-order valence-corrected chi connectivity index (χ0v) is 18.7. The highest BCUT2D eigenvalue weighted by atomic mass is 32.1. The number of hydrogen-bond donors (Lipinski definition) is 1. The third kappa shape index (κ3) is 5.38. The number of pyridine rings is 1. The molecule has 2 aromatic carbocycles. The van der Waals surface area contributed by atoms with Crippen molar-refractivity contribution in [3.05, 3.63) is 83.4 Å². The molecule has 33 heavy (non-hydrogen) atoms. The third-order valence-electron chi connectivity index (χ3n) is 4.79. The van der Waals surface area contributed by atoms with Crippen LogP contribution in [0.2, 0.25) is 0 Å². The number of halogens is 3. The molecule has 5 nitrogen and oxygen atoms in total. The molecule has 4 rings (SSSR count). The van der Waals surface area contributed by atoms with Crippen LogP contribution < -0.4 is 10.3 Å². The molecule has 0 aliphatic heterocycles. The van der Waals surface area contributed by atoms with E-state index in [0.717, 1.165) is 29.1 Å². The van der Waals surface area contributed by atoms with E-state index in [1.165, 1.54) is 11.3 Å². The molecule has 0 amide bonds. The number of nitrogens with one attached hydrogen (secondary N) is 1. The fourth-order valence-electron chi connectivity index (χ4n) is 3.16. The van der Waals surface area contributed by atoms with Crippen LogP contribution in [0.15, 0.2) is 77.3 Å². The summed E-state index contributed by atoms with van der Waals surface area (Å²) in [6, 6.07) is 18.1. The Kier molecular flexibility index (Phi) is 6.41. The van der Waals surface area contributed by atoms with Gasteiger partial charge in [-0.15, -0.1) is 11.3 Å². The van der Waals surface area contributed by atoms with Crippen LogP contribution in [0.4, 0.5) is 24.1 Å². The van der Waals surface area contributed by atoms with Crippen molar-refractivity contribution in [3.8, 4) is 22.4 Å². The molecule has 0 radical (unpaired) electrons. The third-order valence-corrected chi connectivity index (χ3v) is 5.53. The van der Waals surface area contributed by atoms with Crippen LogP contribution in [0.25, 0.3) is 22.4 Å². The predicted molar refractivity (Wildman–Crippen MR) is 128 cm³/mol. The van der Waals surface area contributed by atoms with Crippen molar-refractivity contribution in [1.29, 1.82) is 0 Å². The van der Waals surface area contributed by atoms with Crippen LogP contribution in [-0.4, -0.2) is 30.3 Å². The molecule has 2 heterocycles. The number of benzene rings is 2. The van der Waals surface area contributed by atoms with Gasteiger partial charge in [0, 0.05) is 36.8 Å². The fourth-order valence-corrected chi connectivity index (χ4v) is 3.83. The zero-order valence-electron chi connectivity index (χ0n) is 17.8. The normalized spacial score (nSPS) is 11.7. The monoisotopic (exact) mass is 467 g/mol. The maximum Gasteiger partial charge on any atom is 0.417 e. The van der Waals surface area contributed by atoms with Gasteiger partial charge in [0.25, 0.3) is 0 Å². The van der Waals surface area contributed by atoms with Crippen molar-refractivity contribution < 1.29 is 13.2 Å². The van der Waals surface area contributed by atoms with Gasteiger partial charge in [-0.05, 0) is 17.2 Å². The summed E-state index contributed by atoms with van der Waals surface area (Å²) in [5.74, 6) is 0.462. The largest absolute Gasteiger partial charge is 0.417 e. The van der Waals surface area contributed by atoms with Gasteiger partial charge in [0.2, 0.25) is 5.13 Å². The van der Waals surface area contributed by atoms with E-state index in [2.05, 4.69) is 20.5 Å². The predicted octanol–water partition coefficient (Wildman–Crippen LogP) is 6.40. The van der Waals surface area contributed by atoms with Crippen LogP contribution in [0.5, 0.6) is 0 Å². The molecule has 0 atom stereocenters. The Hall–Kier alpha value is -3.72. The van der Waals surface area contributed by atoms with Gasteiger partial charge in [0.15, 0.2) is 0 Å². The molecule has 0 spiro atoms. The van der Waals surface area contributed by atoms with E-state index in [0.29, 0.717) is 22.1 Å². The lowest BCUT2D eigenvalue weighted by Gasteiger charge is -2.18. The Labute approximate surface area is 193 Å². The maximum absolute atomic E-state index is 13.2. The first-order valence-corrected chi connectivity index (χ1v) is 10.8. The average molecular weight is 468 g/mol. The van der Waals surface area contributed by atoms with Gasteiger partial charge in [-0.2, -0.15) is 18.3 Å². The topological polar surface area (TPSA) is 53.4 Å². The van der Waals surface area contributed by atoms with E-state index in [1.807, 2.05) is 35.7 Å². The van der Waals surface area contributed by atoms with Gasteiger partial charge in [-0.1, -0.05) is 54.6 Å². The molecule has 9 heteroatoms. The smallest absolute Gasteiger partial charge is 0.362 e. The van der Waals surface area contributed by atoms with Crippen LogP contribution in [0.1, 0.15) is 11.1 Å². The first kappa shape index (κ1) is 22.5. The second-order valence-electron chi connectivity index (χ2n) is 7.38. The molecular weight excluding hydrogens is 447 g/mol. The Morgan fingerprint density at radius 2 is 1.73 bits per heavy atom. The summed E-state index contributed by atoms with van der Waals surface area (Å²) in [6.45, 7) is 0. The molecule has 2 aromatic heterocycles. The van der Waals surface area contributed by atoms with E-state index in [1.54, 1.807) is 49.5 Å². The average Bonchev–Trinajstić information content (AvgIpc) is 3.28. The minimum Gasteiger partial charge on any atom is -0.362 e. The molecule has 1 N–H and O–H groups in total. The number of hydrogen-bond acceptors (Lipinski definition) is 6. The molecule has 0 bridgehead atoms. The Bertz CT molecular complexity index is 1250. The van der Waals surface area contributed by atoms with Crippen LogP contribution in [0.3, 0.4) is 0 Å². The number of thiazole rings is 1. The summed E-state index contributed by atoms with van der Waals surface area (Å²) < 4.78 is 39.5. The van der Waals surface area contributed by atoms with Crippen molar-refractivity contribution in [2.24, 2.45) is 5.10 Å². The summed E-state index contributed by atoms with van der Waals surface area (Å²) in [7, 11) is 3.49. The van der Waals surface area contributed by atoms with Gasteiger partial charge in [0.1, 0.15) is 5.82 Å². The maximum atomic E-state index is 13.2. The standard InChI is InChI=1S/C24H20F3N5S/c1-32(2)22-20(12-19(14-28-22)24(25,26)27)17-10-8-16(9-11-17)13-29-31-23-30-21(15-33-23)18-6-4-3-5-7-18/h3-15H,1-2H3,(H,30,31). The second-order valence-corrected chi connectivity index (χ2v) is 8.24. The van der Waals surface area contributed by atoms with E-state index in [-0.39, 0.29) is 0 Å². The summed E-state index contributed by atoms with van der Waals surface area (Å²) in [5, 5.41) is 6.83. The Morgan fingerprint density at radius 1 is 1.00 bits per heavy atom. The minimum atomic E-state index is -4.46. The summed E-state index contributed by atoms with van der Waals surface area (Å²) in [4.78, 5) is 10.2. The van der Waals surface area contributed by atoms with E-state index >= 15 is 0 Å². The number of rotatable bonds is 6. The van der Waals surface area contributed by atoms with Gasteiger partial charge in [-0.3, -0.25) is 5.43 Å². The Morgan fingerprint density at radius 3 is 2.39 bits per heavy atom. The molecule has 0 fully saturated rings. The molecular formula is C24H20F3N5S. The molecule has 0 aliphatic rings. The molecule has 168 valence electrons. The van der Waals surface area contributed by atoms with Crippen molar-refractivity contribution in [1.82, 2.24) is 9.97 Å². The van der Waals surface area contributed by atoms with Crippen LogP contribution in [-0.2, 0) is 6.18 Å². The quantitative estimate of drug-likeness (QED) is 0.263. The second kappa shape index (κ2) is 9.41. The lowest BCUT2D eigenvalue weighted by molar-refractivity contribution is -0.137. The van der Waals surface area contributed by atoms with Gasteiger partial charge < -0.3 is 4.90 Å². The SMILES string of the molecule is CN(C)c1ncc(C(F)(F)F)cc1-c1ccc(C=NNc2nc(-c3ccccc3)cs2)cc1. The number of alkyl halides is 3. The number of nitrogens with zero attached hydrogens (tertiary/aromatic N) is 4. The minimum absolute atomic E-state index is 0.410. The fraction of sp³-hybridized carbons (Fsp3) is 0.125. The van der Waals surface area contributed by atoms with Crippen molar-refractivity contribution in [3.63, 3.8) is 0 Å².